The fourth-order valence-corrected chi connectivity index (χ4v) is 2.53. The van der Waals surface area contributed by atoms with Gasteiger partial charge in [-0.15, -0.1) is 11.3 Å². The predicted octanol–water partition coefficient (Wildman–Crippen LogP) is 2.78. The minimum Gasteiger partial charge on any atom is -0.355 e. The van der Waals surface area contributed by atoms with Crippen LogP contribution in [0.3, 0.4) is 0 Å². The molecule has 0 saturated heterocycles. The van der Waals surface area contributed by atoms with Crippen LogP contribution in [-0.4, -0.2) is 17.4 Å². The number of nitrogens with one attached hydrogen (secondary N) is 1. The van der Waals surface area contributed by atoms with Gasteiger partial charge >= 0.3 is 0 Å². The van der Waals surface area contributed by atoms with Crippen molar-refractivity contribution in [1.29, 1.82) is 0 Å². The molecule has 0 unspecified atom stereocenters. The van der Waals surface area contributed by atoms with Gasteiger partial charge in [-0.1, -0.05) is 23.8 Å². The summed E-state index contributed by atoms with van der Waals surface area (Å²) < 4.78 is 0. The SMILES string of the molecule is Cc1nc(CC(=O)NCCC2=CCCC=C2)cs1. The number of aryl methyl sites for hydroxylation is 1. The second-order valence-electron chi connectivity index (χ2n) is 4.39. The van der Waals surface area contributed by atoms with E-state index in [0.717, 1.165) is 30.0 Å². The van der Waals surface area contributed by atoms with Gasteiger partial charge in [0.15, 0.2) is 0 Å². The zero-order valence-electron chi connectivity index (χ0n) is 10.6. The van der Waals surface area contributed by atoms with E-state index in [2.05, 4.69) is 28.5 Å². The number of carbonyl (C=O) groups excluding carboxylic acids is 1. The molecule has 1 N–H and O–H groups in total. The summed E-state index contributed by atoms with van der Waals surface area (Å²) in [5.74, 6) is 0.0562. The van der Waals surface area contributed by atoms with Crippen molar-refractivity contribution in [1.82, 2.24) is 10.3 Å². The molecule has 1 aliphatic rings. The molecule has 18 heavy (non-hydrogen) atoms. The third kappa shape index (κ3) is 4.11. The number of thiazole rings is 1. The van der Waals surface area contributed by atoms with E-state index in [1.165, 1.54) is 5.57 Å². The van der Waals surface area contributed by atoms with Gasteiger partial charge in [-0.3, -0.25) is 4.79 Å². The number of amides is 1. The van der Waals surface area contributed by atoms with Crippen LogP contribution in [0, 0.1) is 6.92 Å². The van der Waals surface area contributed by atoms with Gasteiger partial charge in [0.25, 0.3) is 0 Å². The molecule has 0 saturated carbocycles. The first kappa shape index (κ1) is 13.0. The van der Waals surface area contributed by atoms with Crippen LogP contribution in [0.2, 0.25) is 0 Å². The highest BCUT2D eigenvalue weighted by atomic mass is 32.1. The highest BCUT2D eigenvalue weighted by molar-refractivity contribution is 7.09. The van der Waals surface area contributed by atoms with Gasteiger partial charge in [-0.2, -0.15) is 0 Å². The molecular formula is C14H18N2OS. The highest BCUT2D eigenvalue weighted by Crippen LogP contribution is 2.12. The van der Waals surface area contributed by atoms with Crippen molar-refractivity contribution in [3.63, 3.8) is 0 Å². The van der Waals surface area contributed by atoms with E-state index in [1.54, 1.807) is 11.3 Å². The van der Waals surface area contributed by atoms with Gasteiger partial charge in [0.2, 0.25) is 5.91 Å². The largest absolute Gasteiger partial charge is 0.355 e. The standard InChI is InChI=1S/C14H18N2OS/c1-11-16-13(10-18-11)9-14(17)15-8-7-12-5-3-2-4-6-12/h3,5-6,10H,2,4,7-9H2,1H3,(H,15,17). The summed E-state index contributed by atoms with van der Waals surface area (Å²) in [6.45, 7) is 2.66. The van der Waals surface area contributed by atoms with E-state index in [0.29, 0.717) is 13.0 Å². The molecule has 1 heterocycles. The highest BCUT2D eigenvalue weighted by Gasteiger charge is 2.06. The van der Waals surface area contributed by atoms with Crippen molar-refractivity contribution >= 4 is 17.2 Å². The lowest BCUT2D eigenvalue weighted by Gasteiger charge is -2.07. The average molecular weight is 262 g/mol. The number of rotatable bonds is 5. The second kappa shape index (κ2) is 6.50. The lowest BCUT2D eigenvalue weighted by atomic mass is 10.0. The molecule has 2 rings (SSSR count). The first-order chi connectivity index (χ1) is 8.74. The minimum absolute atomic E-state index is 0.0562. The summed E-state index contributed by atoms with van der Waals surface area (Å²) in [5.41, 5.74) is 2.19. The summed E-state index contributed by atoms with van der Waals surface area (Å²) in [6.07, 6.45) is 10.2. The first-order valence-corrected chi connectivity index (χ1v) is 7.15. The van der Waals surface area contributed by atoms with E-state index in [9.17, 15) is 4.79 Å². The third-order valence-corrected chi connectivity index (χ3v) is 3.64. The van der Waals surface area contributed by atoms with E-state index in [-0.39, 0.29) is 5.91 Å². The smallest absolute Gasteiger partial charge is 0.226 e. The van der Waals surface area contributed by atoms with Crippen LogP contribution in [0.1, 0.15) is 30.0 Å². The Labute approximate surface area is 112 Å². The second-order valence-corrected chi connectivity index (χ2v) is 5.46. The Hall–Kier alpha value is -1.42. The monoisotopic (exact) mass is 262 g/mol. The average Bonchev–Trinajstić information content (AvgIpc) is 2.76. The lowest BCUT2D eigenvalue weighted by Crippen LogP contribution is -2.26. The van der Waals surface area contributed by atoms with Gasteiger partial charge in [0, 0.05) is 11.9 Å². The maximum Gasteiger partial charge on any atom is 0.226 e. The Morgan fingerprint density at radius 2 is 2.39 bits per heavy atom. The molecule has 0 atom stereocenters. The fourth-order valence-electron chi connectivity index (χ4n) is 1.92. The van der Waals surface area contributed by atoms with Gasteiger partial charge in [-0.25, -0.2) is 4.98 Å². The maximum atomic E-state index is 11.7. The molecule has 0 aromatic carbocycles. The normalized spacial score (nSPS) is 14.4. The molecule has 1 aromatic rings. The van der Waals surface area contributed by atoms with Gasteiger partial charge in [-0.05, 0) is 26.2 Å². The summed E-state index contributed by atoms with van der Waals surface area (Å²) in [4.78, 5) is 16.0. The van der Waals surface area contributed by atoms with E-state index >= 15 is 0 Å². The molecule has 0 bridgehead atoms. The topological polar surface area (TPSA) is 42.0 Å². The molecule has 0 fully saturated rings. The van der Waals surface area contributed by atoms with Crippen LogP contribution >= 0.6 is 11.3 Å². The van der Waals surface area contributed by atoms with Crippen LogP contribution in [0.15, 0.2) is 29.2 Å². The van der Waals surface area contributed by atoms with Crippen LogP contribution in [-0.2, 0) is 11.2 Å². The van der Waals surface area contributed by atoms with Crippen LogP contribution in [0.25, 0.3) is 0 Å². The van der Waals surface area contributed by atoms with Crippen molar-refractivity contribution in [2.24, 2.45) is 0 Å². The Balaban J connectivity index is 1.69. The molecule has 0 spiro atoms. The van der Waals surface area contributed by atoms with Crippen LogP contribution < -0.4 is 5.32 Å². The molecule has 1 aliphatic carbocycles. The van der Waals surface area contributed by atoms with Gasteiger partial charge < -0.3 is 5.32 Å². The Kier molecular flexibility index (Phi) is 4.70. The Bertz CT molecular complexity index is 474. The van der Waals surface area contributed by atoms with Gasteiger partial charge in [0.1, 0.15) is 0 Å². The van der Waals surface area contributed by atoms with Crippen molar-refractivity contribution in [2.45, 2.75) is 32.6 Å². The Morgan fingerprint density at radius 1 is 1.50 bits per heavy atom. The maximum absolute atomic E-state index is 11.7. The molecule has 1 amide bonds. The van der Waals surface area contributed by atoms with Crippen LogP contribution in [0.4, 0.5) is 0 Å². The predicted molar refractivity (Wildman–Crippen MR) is 74.6 cm³/mol. The zero-order valence-corrected chi connectivity index (χ0v) is 11.4. The van der Waals surface area contributed by atoms with Crippen molar-refractivity contribution in [2.75, 3.05) is 6.54 Å². The van der Waals surface area contributed by atoms with E-state index in [4.69, 9.17) is 0 Å². The summed E-state index contributed by atoms with van der Waals surface area (Å²) in [7, 11) is 0. The number of allylic oxidation sites excluding steroid dienone is 3. The molecular weight excluding hydrogens is 244 g/mol. The van der Waals surface area contributed by atoms with Crippen molar-refractivity contribution < 1.29 is 4.79 Å². The number of hydrogen-bond acceptors (Lipinski definition) is 3. The molecule has 0 radical (unpaired) electrons. The molecule has 96 valence electrons. The molecule has 3 nitrogen and oxygen atoms in total. The fraction of sp³-hybridized carbons (Fsp3) is 0.429. The van der Waals surface area contributed by atoms with Gasteiger partial charge in [0.05, 0.1) is 17.1 Å². The van der Waals surface area contributed by atoms with E-state index in [1.807, 2.05) is 12.3 Å². The Morgan fingerprint density at radius 3 is 3.06 bits per heavy atom. The number of carbonyl (C=O) groups is 1. The molecule has 1 aromatic heterocycles. The first-order valence-electron chi connectivity index (χ1n) is 6.27. The van der Waals surface area contributed by atoms with Crippen LogP contribution in [0.5, 0.6) is 0 Å². The molecule has 4 heteroatoms. The zero-order chi connectivity index (χ0) is 12.8. The minimum atomic E-state index is 0.0562. The van der Waals surface area contributed by atoms with E-state index < -0.39 is 0 Å². The number of hydrogen-bond donors (Lipinski definition) is 1. The lowest BCUT2D eigenvalue weighted by molar-refractivity contribution is -0.120. The summed E-state index contributed by atoms with van der Waals surface area (Å²) in [6, 6.07) is 0. The summed E-state index contributed by atoms with van der Waals surface area (Å²) >= 11 is 1.58. The summed E-state index contributed by atoms with van der Waals surface area (Å²) in [5, 5.41) is 5.89. The molecule has 0 aliphatic heterocycles. The third-order valence-electron chi connectivity index (χ3n) is 2.82. The van der Waals surface area contributed by atoms with Crippen molar-refractivity contribution in [3.05, 3.63) is 39.9 Å². The van der Waals surface area contributed by atoms with Crippen molar-refractivity contribution in [3.8, 4) is 0 Å². The number of aromatic nitrogens is 1. The quantitative estimate of drug-likeness (QED) is 0.886. The number of nitrogens with zero attached hydrogens (tertiary/aromatic N) is 1.